The fourth-order valence-corrected chi connectivity index (χ4v) is 3.11. The molecule has 4 nitrogen and oxygen atoms in total. The van der Waals surface area contributed by atoms with Crippen LogP contribution >= 0.6 is 23.6 Å². The molecular weight excluding hydrogens is 300 g/mol. The maximum Gasteiger partial charge on any atom is 0.162 e. The molecular formula is C15H20N4S2. The molecule has 0 aliphatic rings. The molecule has 0 saturated carbocycles. The van der Waals surface area contributed by atoms with Crippen LogP contribution in [0.1, 0.15) is 35.5 Å². The summed E-state index contributed by atoms with van der Waals surface area (Å²) < 4.78 is 0. The van der Waals surface area contributed by atoms with Crippen LogP contribution in [-0.2, 0) is 6.54 Å². The van der Waals surface area contributed by atoms with Crippen molar-refractivity contribution in [3.05, 3.63) is 39.2 Å². The molecule has 0 radical (unpaired) electrons. The Bertz CT molecular complexity index is 635. The van der Waals surface area contributed by atoms with E-state index < -0.39 is 0 Å². The number of rotatable bonds is 5. The SMILES string of the molecule is Cc1nnc(N(Cc2cccs2)C(C)C)c(C(N)=S)c1C. The monoisotopic (exact) mass is 320 g/mol. The molecule has 2 heterocycles. The largest absolute Gasteiger partial charge is 0.389 e. The highest BCUT2D eigenvalue weighted by molar-refractivity contribution is 7.80. The molecule has 0 spiro atoms. The Morgan fingerprint density at radius 1 is 1.38 bits per heavy atom. The molecule has 0 amide bonds. The van der Waals surface area contributed by atoms with E-state index in [1.807, 2.05) is 13.8 Å². The Hall–Kier alpha value is -1.53. The van der Waals surface area contributed by atoms with Crippen LogP contribution in [0.25, 0.3) is 0 Å². The van der Waals surface area contributed by atoms with E-state index in [1.54, 1.807) is 11.3 Å². The molecule has 0 bridgehead atoms. The number of anilines is 1. The van der Waals surface area contributed by atoms with Gasteiger partial charge < -0.3 is 10.6 Å². The average molecular weight is 320 g/mol. The fourth-order valence-electron chi connectivity index (χ4n) is 2.16. The van der Waals surface area contributed by atoms with Crippen molar-refractivity contribution >= 4 is 34.4 Å². The van der Waals surface area contributed by atoms with Gasteiger partial charge in [-0.25, -0.2) is 0 Å². The second kappa shape index (κ2) is 6.49. The number of thiophene rings is 1. The van der Waals surface area contributed by atoms with E-state index in [0.717, 1.165) is 29.2 Å². The molecule has 0 unspecified atom stereocenters. The van der Waals surface area contributed by atoms with Gasteiger partial charge in [0, 0.05) is 10.9 Å². The summed E-state index contributed by atoms with van der Waals surface area (Å²) in [5.74, 6) is 0.772. The van der Waals surface area contributed by atoms with E-state index in [2.05, 4.69) is 46.5 Å². The van der Waals surface area contributed by atoms with Gasteiger partial charge in [0.05, 0.1) is 17.8 Å². The van der Waals surface area contributed by atoms with Gasteiger partial charge in [0.2, 0.25) is 0 Å². The molecule has 0 fully saturated rings. The van der Waals surface area contributed by atoms with Crippen LogP contribution in [0, 0.1) is 13.8 Å². The van der Waals surface area contributed by atoms with E-state index in [9.17, 15) is 0 Å². The lowest BCUT2D eigenvalue weighted by Crippen LogP contribution is -2.33. The second-order valence-corrected chi connectivity index (χ2v) is 6.75. The van der Waals surface area contributed by atoms with Crippen molar-refractivity contribution in [2.45, 2.75) is 40.3 Å². The zero-order chi connectivity index (χ0) is 15.6. The molecule has 0 aromatic carbocycles. The highest BCUT2D eigenvalue weighted by atomic mass is 32.1. The van der Waals surface area contributed by atoms with Crippen molar-refractivity contribution in [3.63, 3.8) is 0 Å². The van der Waals surface area contributed by atoms with Gasteiger partial charge in [0.25, 0.3) is 0 Å². The highest BCUT2D eigenvalue weighted by Gasteiger charge is 2.21. The topological polar surface area (TPSA) is 55.0 Å². The van der Waals surface area contributed by atoms with Gasteiger partial charge in [-0.1, -0.05) is 18.3 Å². The fraction of sp³-hybridized carbons (Fsp3) is 0.400. The predicted molar refractivity (Wildman–Crippen MR) is 93.0 cm³/mol. The van der Waals surface area contributed by atoms with Crippen molar-refractivity contribution in [1.82, 2.24) is 10.2 Å². The number of nitrogens with two attached hydrogens (primary N) is 1. The van der Waals surface area contributed by atoms with Crippen molar-refractivity contribution in [1.29, 1.82) is 0 Å². The Labute approximate surface area is 135 Å². The lowest BCUT2D eigenvalue weighted by Gasteiger charge is -2.29. The number of thiocarbonyl (C=S) groups is 1. The maximum absolute atomic E-state index is 5.94. The zero-order valence-electron chi connectivity index (χ0n) is 12.8. The number of aryl methyl sites for hydroxylation is 1. The summed E-state index contributed by atoms with van der Waals surface area (Å²) in [4.78, 5) is 3.84. The summed E-state index contributed by atoms with van der Waals surface area (Å²) >= 11 is 6.97. The van der Waals surface area contributed by atoms with Crippen molar-refractivity contribution < 1.29 is 0 Å². The van der Waals surface area contributed by atoms with Crippen LogP contribution in [0.4, 0.5) is 5.82 Å². The average Bonchev–Trinajstić information content (AvgIpc) is 2.91. The molecule has 2 N–H and O–H groups in total. The first-order valence-corrected chi connectivity index (χ1v) is 8.13. The summed E-state index contributed by atoms with van der Waals surface area (Å²) in [6.45, 7) is 8.96. The summed E-state index contributed by atoms with van der Waals surface area (Å²) in [7, 11) is 0. The highest BCUT2D eigenvalue weighted by Crippen LogP contribution is 2.26. The molecule has 0 aliphatic heterocycles. The second-order valence-electron chi connectivity index (χ2n) is 5.27. The van der Waals surface area contributed by atoms with Gasteiger partial charge in [0.1, 0.15) is 4.99 Å². The summed E-state index contributed by atoms with van der Waals surface area (Å²) in [6.07, 6.45) is 0. The van der Waals surface area contributed by atoms with Crippen molar-refractivity contribution in [2.24, 2.45) is 5.73 Å². The lowest BCUT2D eigenvalue weighted by atomic mass is 10.1. The summed E-state index contributed by atoms with van der Waals surface area (Å²) in [6, 6.07) is 4.45. The van der Waals surface area contributed by atoms with Gasteiger partial charge in [-0.05, 0) is 44.7 Å². The van der Waals surface area contributed by atoms with Crippen LogP contribution in [0.3, 0.4) is 0 Å². The Balaban J connectivity index is 2.50. The Morgan fingerprint density at radius 3 is 2.62 bits per heavy atom. The van der Waals surface area contributed by atoms with Gasteiger partial charge in [0.15, 0.2) is 5.82 Å². The zero-order valence-corrected chi connectivity index (χ0v) is 14.4. The molecule has 0 atom stereocenters. The molecule has 2 rings (SSSR count). The summed E-state index contributed by atoms with van der Waals surface area (Å²) in [5, 5.41) is 10.7. The van der Waals surface area contributed by atoms with E-state index >= 15 is 0 Å². The van der Waals surface area contributed by atoms with Crippen molar-refractivity contribution in [3.8, 4) is 0 Å². The van der Waals surface area contributed by atoms with Crippen LogP contribution < -0.4 is 10.6 Å². The first-order valence-electron chi connectivity index (χ1n) is 6.84. The van der Waals surface area contributed by atoms with E-state index in [0.29, 0.717) is 4.99 Å². The lowest BCUT2D eigenvalue weighted by molar-refractivity contribution is 0.667. The first kappa shape index (κ1) is 15.9. The Morgan fingerprint density at radius 2 is 2.10 bits per heavy atom. The van der Waals surface area contributed by atoms with Crippen LogP contribution in [0.15, 0.2) is 17.5 Å². The third-order valence-corrected chi connectivity index (χ3v) is 4.55. The number of nitrogens with zero attached hydrogens (tertiary/aromatic N) is 3. The minimum Gasteiger partial charge on any atom is -0.389 e. The van der Waals surface area contributed by atoms with Gasteiger partial charge in [-0.15, -0.1) is 16.4 Å². The first-order chi connectivity index (χ1) is 9.91. The molecule has 2 aromatic heterocycles. The third-order valence-electron chi connectivity index (χ3n) is 3.48. The number of hydrogen-bond donors (Lipinski definition) is 1. The quantitative estimate of drug-likeness (QED) is 0.857. The molecule has 21 heavy (non-hydrogen) atoms. The smallest absolute Gasteiger partial charge is 0.162 e. The van der Waals surface area contributed by atoms with E-state index in [1.165, 1.54) is 4.88 Å². The van der Waals surface area contributed by atoms with Crippen LogP contribution in [0.5, 0.6) is 0 Å². The predicted octanol–water partition coefficient (Wildman–Crippen LogP) is 3.20. The van der Waals surface area contributed by atoms with Gasteiger partial charge in [-0.3, -0.25) is 0 Å². The maximum atomic E-state index is 5.94. The Kier molecular flexibility index (Phi) is 4.90. The third kappa shape index (κ3) is 3.39. The standard InChI is InChI=1S/C15H20N4S2/c1-9(2)19(8-12-6-5-7-21-12)15-13(14(16)20)10(3)11(4)17-18-15/h5-7,9H,8H2,1-4H3,(H2,16,20). The molecule has 0 aliphatic carbocycles. The minimum atomic E-state index is 0.275. The molecule has 2 aromatic rings. The van der Waals surface area contributed by atoms with Crippen LogP contribution in [-0.4, -0.2) is 21.2 Å². The minimum absolute atomic E-state index is 0.275. The summed E-state index contributed by atoms with van der Waals surface area (Å²) in [5.41, 5.74) is 8.64. The normalized spacial score (nSPS) is 10.9. The van der Waals surface area contributed by atoms with Gasteiger partial charge in [-0.2, -0.15) is 5.10 Å². The number of hydrogen-bond acceptors (Lipinski definition) is 5. The van der Waals surface area contributed by atoms with E-state index in [4.69, 9.17) is 18.0 Å². The van der Waals surface area contributed by atoms with Gasteiger partial charge >= 0.3 is 0 Å². The van der Waals surface area contributed by atoms with E-state index in [-0.39, 0.29) is 6.04 Å². The number of aromatic nitrogens is 2. The van der Waals surface area contributed by atoms with Crippen molar-refractivity contribution in [2.75, 3.05) is 4.90 Å². The molecule has 0 saturated heterocycles. The van der Waals surface area contributed by atoms with Crippen LogP contribution in [0.2, 0.25) is 0 Å². The molecule has 112 valence electrons. The molecule has 6 heteroatoms.